The van der Waals surface area contributed by atoms with Gasteiger partial charge in [-0.15, -0.1) is 12.4 Å². The van der Waals surface area contributed by atoms with Gasteiger partial charge in [0.2, 0.25) is 0 Å². The molecule has 0 aliphatic heterocycles. The molecule has 0 unspecified atom stereocenters. The molecule has 0 spiro atoms. The summed E-state index contributed by atoms with van der Waals surface area (Å²) in [6.45, 7) is 3.43. The van der Waals surface area contributed by atoms with Crippen molar-refractivity contribution in [3.05, 3.63) is 63.3 Å². The van der Waals surface area contributed by atoms with E-state index in [0.29, 0.717) is 5.52 Å². The zero-order chi connectivity index (χ0) is 20.3. The highest BCUT2D eigenvalue weighted by Gasteiger charge is 2.09. The summed E-state index contributed by atoms with van der Waals surface area (Å²) in [7, 11) is 0. The fourth-order valence-corrected chi connectivity index (χ4v) is 4.76. The molecule has 2 aromatic carbocycles. The third-order valence-corrected chi connectivity index (χ3v) is 6.59. The van der Waals surface area contributed by atoms with Gasteiger partial charge in [-0.2, -0.15) is 11.8 Å². The zero-order valence-corrected chi connectivity index (χ0v) is 19.3. The number of ether oxygens (including phenoxy) is 1. The normalized spacial score (nSPS) is 10.9. The number of aromatic amines is 1. The van der Waals surface area contributed by atoms with Crippen LogP contribution in [0.2, 0.25) is 0 Å². The molecular weight excluding hydrogens is 440 g/mol. The van der Waals surface area contributed by atoms with E-state index in [4.69, 9.17) is 4.74 Å². The first-order valence-corrected chi connectivity index (χ1v) is 11.9. The number of rotatable bonds is 13. The van der Waals surface area contributed by atoms with Crippen LogP contribution in [-0.4, -0.2) is 47.9 Å². The smallest absolute Gasteiger partial charge is 0.305 e. The van der Waals surface area contributed by atoms with Crippen molar-refractivity contribution in [1.82, 2.24) is 10.3 Å². The summed E-state index contributed by atoms with van der Waals surface area (Å²) in [5.74, 6) is 2.29. The molecule has 3 rings (SSSR count). The van der Waals surface area contributed by atoms with Gasteiger partial charge in [0.05, 0.1) is 17.9 Å². The van der Waals surface area contributed by atoms with E-state index in [1.54, 1.807) is 6.07 Å². The summed E-state index contributed by atoms with van der Waals surface area (Å²) >= 11 is 3.09. The van der Waals surface area contributed by atoms with Crippen LogP contribution in [0.3, 0.4) is 0 Å². The van der Waals surface area contributed by atoms with Gasteiger partial charge in [0, 0.05) is 5.75 Å². The Morgan fingerprint density at radius 2 is 1.87 bits per heavy atom. The lowest BCUT2D eigenvalue weighted by atomic mass is 10.1. The molecule has 0 aliphatic rings. The lowest BCUT2D eigenvalue weighted by Crippen LogP contribution is -2.19. The molecule has 0 saturated carbocycles. The van der Waals surface area contributed by atoms with E-state index < -0.39 is 0 Å². The van der Waals surface area contributed by atoms with E-state index in [1.807, 2.05) is 23.9 Å². The Hall–Kier alpha value is -1.51. The quantitative estimate of drug-likeness (QED) is 0.327. The van der Waals surface area contributed by atoms with E-state index in [1.165, 1.54) is 5.56 Å². The lowest BCUT2D eigenvalue weighted by molar-refractivity contribution is 0.153. The molecular formula is C22H29ClN2O3S2. The van der Waals surface area contributed by atoms with Gasteiger partial charge in [0.1, 0.15) is 11.3 Å². The summed E-state index contributed by atoms with van der Waals surface area (Å²) in [5.41, 5.74) is 2.97. The molecule has 0 amide bonds. The van der Waals surface area contributed by atoms with E-state index in [2.05, 4.69) is 34.6 Å². The maximum Gasteiger partial charge on any atom is 0.305 e. The van der Waals surface area contributed by atoms with Gasteiger partial charge in [0.15, 0.2) is 0 Å². The summed E-state index contributed by atoms with van der Waals surface area (Å²) in [6.07, 6.45) is 2.94. The Morgan fingerprint density at radius 1 is 1.03 bits per heavy atom. The molecule has 0 fully saturated rings. The Bertz CT molecular complexity index is 931. The SMILES string of the molecule is Cl.O=c1[nH]c2c(O)ccc(CCNCCCSCCOCCc3ccccc3)c2s1. The molecule has 0 atom stereocenters. The van der Waals surface area contributed by atoms with Crippen molar-refractivity contribution in [2.45, 2.75) is 19.3 Å². The van der Waals surface area contributed by atoms with Crippen LogP contribution in [0.15, 0.2) is 47.3 Å². The van der Waals surface area contributed by atoms with Gasteiger partial charge in [-0.3, -0.25) is 4.79 Å². The fourth-order valence-electron chi connectivity index (χ4n) is 3.07. The predicted molar refractivity (Wildman–Crippen MR) is 131 cm³/mol. The minimum absolute atomic E-state index is 0. The van der Waals surface area contributed by atoms with E-state index in [9.17, 15) is 9.90 Å². The molecule has 5 nitrogen and oxygen atoms in total. The maximum absolute atomic E-state index is 11.5. The number of fused-ring (bicyclic) bond motifs is 1. The minimum atomic E-state index is -0.128. The molecule has 164 valence electrons. The van der Waals surface area contributed by atoms with Crippen molar-refractivity contribution in [1.29, 1.82) is 0 Å². The Morgan fingerprint density at radius 3 is 2.70 bits per heavy atom. The van der Waals surface area contributed by atoms with E-state index >= 15 is 0 Å². The van der Waals surface area contributed by atoms with E-state index in [-0.39, 0.29) is 23.0 Å². The predicted octanol–water partition coefficient (Wildman–Crippen LogP) is 4.23. The average Bonchev–Trinajstić information content (AvgIpc) is 3.13. The van der Waals surface area contributed by atoms with Crippen LogP contribution in [0, 0.1) is 0 Å². The number of aromatic nitrogens is 1. The number of thiazole rings is 1. The molecule has 0 radical (unpaired) electrons. The number of aromatic hydroxyl groups is 1. The summed E-state index contributed by atoms with van der Waals surface area (Å²) in [5, 5.41) is 13.3. The van der Waals surface area contributed by atoms with E-state index in [0.717, 1.165) is 78.7 Å². The van der Waals surface area contributed by atoms with Crippen LogP contribution >= 0.6 is 35.5 Å². The number of H-pyrrole nitrogens is 1. The Kier molecular flexibility index (Phi) is 11.3. The molecule has 0 bridgehead atoms. The Labute approximate surface area is 191 Å². The fraction of sp³-hybridized carbons (Fsp3) is 0.409. The third kappa shape index (κ3) is 7.96. The van der Waals surface area contributed by atoms with Crippen molar-refractivity contribution >= 4 is 45.7 Å². The van der Waals surface area contributed by atoms with Gasteiger partial charge in [-0.1, -0.05) is 47.7 Å². The van der Waals surface area contributed by atoms with Crippen molar-refractivity contribution in [3.8, 4) is 5.75 Å². The van der Waals surface area contributed by atoms with Crippen molar-refractivity contribution < 1.29 is 9.84 Å². The largest absolute Gasteiger partial charge is 0.506 e. The first-order chi connectivity index (χ1) is 14.2. The van der Waals surface area contributed by atoms with Crippen LogP contribution in [0.4, 0.5) is 0 Å². The highest BCUT2D eigenvalue weighted by molar-refractivity contribution is 7.99. The highest BCUT2D eigenvalue weighted by atomic mass is 35.5. The highest BCUT2D eigenvalue weighted by Crippen LogP contribution is 2.27. The van der Waals surface area contributed by atoms with Gasteiger partial charge in [0.25, 0.3) is 0 Å². The first kappa shape index (κ1) is 24.8. The second-order valence-electron chi connectivity index (χ2n) is 6.78. The standard InChI is InChI=1S/C22H28N2O3S2.ClH/c25-19-8-7-18(21-20(19)24-22(26)29-21)9-12-23-11-4-15-28-16-14-27-13-10-17-5-2-1-3-6-17;/h1-3,5-8,23,25H,4,9-16H2,(H,24,26);1H. The molecule has 0 aliphatic carbocycles. The number of phenols is 1. The van der Waals surface area contributed by atoms with Gasteiger partial charge in [-0.05, 0) is 55.3 Å². The third-order valence-electron chi connectivity index (χ3n) is 4.60. The van der Waals surface area contributed by atoms with Crippen LogP contribution < -0.4 is 10.2 Å². The summed E-state index contributed by atoms with van der Waals surface area (Å²) in [4.78, 5) is 14.1. The second-order valence-corrected chi connectivity index (χ2v) is 8.98. The molecule has 1 aromatic heterocycles. The van der Waals surface area contributed by atoms with Crippen LogP contribution in [-0.2, 0) is 17.6 Å². The summed E-state index contributed by atoms with van der Waals surface area (Å²) < 4.78 is 6.56. The minimum Gasteiger partial charge on any atom is -0.506 e. The number of hydrogen-bond donors (Lipinski definition) is 3. The first-order valence-electron chi connectivity index (χ1n) is 9.98. The maximum atomic E-state index is 11.5. The van der Waals surface area contributed by atoms with Crippen molar-refractivity contribution in [3.63, 3.8) is 0 Å². The number of hydrogen-bond acceptors (Lipinski definition) is 6. The van der Waals surface area contributed by atoms with Crippen molar-refractivity contribution in [2.24, 2.45) is 0 Å². The zero-order valence-electron chi connectivity index (χ0n) is 16.9. The average molecular weight is 469 g/mol. The van der Waals surface area contributed by atoms with Gasteiger partial charge >= 0.3 is 4.87 Å². The number of benzene rings is 2. The number of phenolic OH excluding ortho intramolecular Hbond substituents is 1. The van der Waals surface area contributed by atoms with Gasteiger partial charge < -0.3 is 20.1 Å². The Balaban J connectivity index is 0.00000320. The number of nitrogens with one attached hydrogen (secondary N) is 2. The molecule has 8 heteroatoms. The second kappa shape index (κ2) is 13.7. The molecule has 3 N–H and O–H groups in total. The van der Waals surface area contributed by atoms with Crippen molar-refractivity contribution in [2.75, 3.05) is 37.8 Å². The van der Waals surface area contributed by atoms with Gasteiger partial charge in [-0.25, -0.2) is 0 Å². The molecule has 0 saturated heterocycles. The number of thioether (sulfide) groups is 1. The topological polar surface area (TPSA) is 74.4 Å². The monoisotopic (exact) mass is 468 g/mol. The number of halogens is 1. The molecule has 1 heterocycles. The van der Waals surface area contributed by atoms with Crippen LogP contribution in [0.25, 0.3) is 10.2 Å². The molecule has 3 aromatic rings. The summed E-state index contributed by atoms with van der Waals surface area (Å²) in [6, 6.07) is 14.0. The molecule has 30 heavy (non-hydrogen) atoms. The van der Waals surface area contributed by atoms with Crippen LogP contribution in [0.1, 0.15) is 17.5 Å². The lowest BCUT2D eigenvalue weighted by Gasteiger charge is -2.07. The van der Waals surface area contributed by atoms with Crippen LogP contribution in [0.5, 0.6) is 5.75 Å².